The molecule has 0 aromatic carbocycles. The third-order valence-corrected chi connectivity index (χ3v) is 4.90. The van der Waals surface area contributed by atoms with Crippen LogP contribution in [-0.2, 0) is 0 Å². The van der Waals surface area contributed by atoms with E-state index in [1.165, 1.54) is 0 Å². The van der Waals surface area contributed by atoms with E-state index in [0.29, 0.717) is 6.42 Å². The molecule has 0 unspecified atom stereocenters. The second kappa shape index (κ2) is 4.06. The smallest absolute Gasteiger partial charge is 0.387 e. The monoisotopic (exact) mass is 203 g/mol. The van der Waals surface area contributed by atoms with Crippen molar-refractivity contribution in [2.24, 2.45) is 0 Å². The SMILES string of the molecule is CC1(C/C(O)=C\[N+]#N)SCCS1. The molecule has 0 saturated carbocycles. The minimum Gasteiger partial charge on any atom is -0.505 e. The molecule has 1 aliphatic rings. The van der Waals surface area contributed by atoms with Gasteiger partial charge in [-0.1, -0.05) is 0 Å². The predicted molar refractivity (Wildman–Crippen MR) is 53.7 cm³/mol. The summed E-state index contributed by atoms with van der Waals surface area (Å²) < 4.78 is 0.0608. The molecule has 1 heterocycles. The minimum absolute atomic E-state index is 0.0608. The van der Waals surface area contributed by atoms with Crippen molar-refractivity contribution in [2.75, 3.05) is 11.5 Å². The summed E-state index contributed by atoms with van der Waals surface area (Å²) in [6.45, 7) is 2.09. The molecule has 3 nitrogen and oxygen atoms in total. The molecule has 5 heteroatoms. The quantitative estimate of drug-likeness (QED) is 0.554. The van der Waals surface area contributed by atoms with E-state index < -0.39 is 0 Å². The van der Waals surface area contributed by atoms with Crippen molar-refractivity contribution < 1.29 is 5.11 Å². The average Bonchev–Trinajstić information content (AvgIpc) is 2.36. The fraction of sp³-hybridized carbons (Fsp3) is 0.714. The van der Waals surface area contributed by atoms with E-state index >= 15 is 0 Å². The number of aliphatic hydroxyl groups is 1. The fourth-order valence-electron chi connectivity index (χ4n) is 1.10. The lowest BCUT2D eigenvalue weighted by Gasteiger charge is -2.19. The Kier molecular flexibility index (Phi) is 3.29. The standard InChI is InChI=1S/C7H10N2OS2/c1-7(11-2-3-12-7)4-6(10)5-9-8/h5H,2-4H2,1H3/p+1/b6-5+. The summed E-state index contributed by atoms with van der Waals surface area (Å²) in [4.78, 5) is 2.78. The van der Waals surface area contributed by atoms with E-state index in [0.717, 1.165) is 17.7 Å². The average molecular weight is 203 g/mol. The highest BCUT2D eigenvalue weighted by molar-refractivity contribution is 8.21. The normalized spacial score (nSPS) is 22.2. The Morgan fingerprint density at radius 2 is 2.25 bits per heavy atom. The lowest BCUT2D eigenvalue weighted by Crippen LogP contribution is -2.11. The maximum Gasteiger partial charge on any atom is 0.387 e. The Hall–Kier alpha value is -0.340. The van der Waals surface area contributed by atoms with Crippen LogP contribution >= 0.6 is 23.5 Å². The number of thioether (sulfide) groups is 2. The third-order valence-electron chi connectivity index (χ3n) is 1.61. The van der Waals surface area contributed by atoms with Gasteiger partial charge in [-0.15, -0.1) is 23.5 Å². The number of rotatable bonds is 2. The molecule has 1 fully saturated rings. The van der Waals surface area contributed by atoms with Gasteiger partial charge in [0.2, 0.25) is 5.39 Å². The van der Waals surface area contributed by atoms with Gasteiger partial charge in [-0.3, -0.25) is 0 Å². The van der Waals surface area contributed by atoms with E-state index in [1.54, 1.807) is 0 Å². The summed E-state index contributed by atoms with van der Waals surface area (Å²) >= 11 is 3.68. The molecule has 66 valence electrons. The van der Waals surface area contributed by atoms with E-state index in [9.17, 15) is 5.11 Å². The first-order valence-corrected chi connectivity index (χ1v) is 5.63. The summed E-state index contributed by atoms with van der Waals surface area (Å²) in [5.41, 5.74) is 0. The Bertz CT molecular complexity index is 228. The molecule has 12 heavy (non-hydrogen) atoms. The molecule has 0 aliphatic carbocycles. The third kappa shape index (κ3) is 2.61. The molecule has 0 aromatic rings. The van der Waals surface area contributed by atoms with Crippen LogP contribution < -0.4 is 0 Å². The summed E-state index contributed by atoms with van der Waals surface area (Å²) in [5.74, 6) is 2.40. The van der Waals surface area contributed by atoms with Gasteiger partial charge >= 0.3 is 6.20 Å². The zero-order valence-electron chi connectivity index (χ0n) is 6.86. The minimum atomic E-state index is 0.0608. The molecular weight excluding hydrogens is 192 g/mol. The summed E-state index contributed by atoms with van der Waals surface area (Å²) in [7, 11) is 0. The van der Waals surface area contributed by atoms with Crippen LogP contribution in [-0.4, -0.2) is 20.7 Å². The van der Waals surface area contributed by atoms with Gasteiger partial charge in [-0.2, -0.15) is 0 Å². The van der Waals surface area contributed by atoms with Crippen molar-refractivity contribution in [3.63, 3.8) is 0 Å². The molecule has 1 rings (SSSR count). The van der Waals surface area contributed by atoms with Crippen LogP contribution in [0.3, 0.4) is 0 Å². The van der Waals surface area contributed by atoms with Gasteiger partial charge in [0, 0.05) is 17.9 Å². The van der Waals surface area contributed by atoms with Gasteiger partial charge in [0.05, 0.1) is 4.08 Å². The first kappa shape index (κ1) is 9.75. The van der Waals surface area contributed by atoms with E-state index in [4.69, 9.17) is 5.39 Å². The van der Waals surface area contributed by atoms with Crippen molar-refractivity contribution in [3.8, 4) is 0 Å². The first-order chi connectivity index (χ1) is 5.66. The number of hydrogen-bond donors (Lipinski definition) is 1. The molecule has 1 N–H and O–H groups in total. The maximum absolute atomic E-state index is 9.26. The van der Waals surface area contributed by atoms with Gasteiger partial charge in [0.15, 0.2) is 10.7 Å². The molecule has 0 bridgehead atoms. The number of hydrogen-bond acceptors (Lipinski definition) is 4. The van der Waals surface area contributed by atoms with Crippen LogP contribution in [0.1, 0.15) is 13.3 Å². The van der Waals surface area contributed by atoms with Crippen molar-refractivity contribution in [1.29, 1.82) is 5.39 Å². The fourth-order valence-corrected chi connectivity index (χ4v) is 3.96. The predicted octanol–water partition coefficient (Wildman–Crippen LogP) is 2.83. The first-order valence-electron chi connectivity index (χ1n) is 3.66. The summed E-state index contributed by atoms with van der Waals surface area (Å²) in [6.07, 6.45) is 1.65. The van der Waals surface area contributed by atoms with E-state index in [2.05, 4.69) is 11.9 Å². The highest BCUT2D eigenvalue weighted by Crippen LogP contribution is 2.47. The van der Waals surface area contributed by atoms with Gasteiger partial charge < -0.3 is 5.11 Å². The number of aliphatic hydroxyl groups excluding tert-OH is 1. The van der Waals surface area contributed by atoms with Gasteiger partial charge in [0.1, 0.15) is 0 Å². The maximum atomic E-state index is 9.26. The number of nitrogens with zero attached hydrogens (tertiary/aromatic N) is 2. The molecule has 0 atom stereocenters. The molecule has 0 aromatic heterocycles. The van der Waals surface area contributed by atoms with E-state index in [-0.39, 0.29) is 9.84 Å². The molecule has 1 saturated heterocycles. The number of diazo groups is 1. The van der Waals surface area contributed by atoms with Crippen LogP contribution in [0, 0.1) is 5.39 Å². The number of allylic oxidation sites excluding steroid dienone is 1. The van der Waals surface area contributed by atoms with Crippen molar-refractivity contribution in [3.05, 3.63) is 16.9 Å². The van der Waals surface area contributed by atoms with E-state index in [1.807, 2.05) is 23.5 Å². The zero-order valence-corrected chi connectivity index (χ0v) is 8.49. The largest absolute Gasteiger partial charge is 0.505 e. The molecule has 0 radical (unpaired) electrons. The highest BCUT2D eigenvalue weighted by atomic mass is 32.2. The summed E-state index contributed by atoms with van der Waals surface area (Å²) in [6, 6.07) is 0. The lowest BCUT2D eigenvalue weighted by atomic mass is 10.3. The van der Waals surface area contributed by atoms with Gasteiger partial charge in [0.25, 0.3) is 0 Å². The Labute approximate surface area is 80.2 Å². The van der Waals surface area contributed by atoms with Crippen LogP contribution in [0.2, 0.25) is 0 Å². The topological polar surface area (TPSA) is 48.4 Å². The Balaban J connectivity index is 2.50. The zero-order chi connectivity index (χ0) is 9.03. The Morgan fingerprint density at radius 1 is 1.67 bits per heavy atom. The molecular formula is C7H11N2OS2+. The molecule has 0 spiro atoms. The van der Waals surface area contributed by atoms with Crippen molar-refractivity contribution >= 4 is 23.5 Å². The van der Waals surface area contributed by atoms with Gasteiger partial charge in [-0.05, 0) is 6.92 Å². The molecule has 1 aliphatic heterocycles. The second-order valence-electron chi connectivity index (χ2n) is 2.74. The van der Waals surface area contributed by atoms with Crippen LogP contribution in [0.5, 0.6) is 0 Å². The second-order valence-corrected chi connectivity index (χ2v) is 6.20. The van der Waals surface area contributed by atoms with Crippen LogP contribution in [0.25, 0.3) is 4.98 Å². The highest BCUT2D eigenvalue weighted by Gasteiger charge is 2.32. The van der Waals surface area contributed by atoms with Crippen LogP contribution in [0.15, 0.2) is 12.0 Å². The molecule has 0 amide bonds. The van der Waals surface area contributed by atoms with Gasteiger partial charge in [-0.25, -0.2) is 0 Å². The Morgan fingerprint density at radius 3 is 2.75 bits per heavy atom. The van der Waals surface area contributed by atoms with Crippen LogP contribution in [0.4, 0.5) is 0 Å². The van der Waals surface area contributed by atoms with Crippen molar-refractivity contribution in [1.82, 2.24) is 0 Å². The lowest BCUT2D eigenvalue weighted by molar-refractivity contribution is 0.385. The van der Waals surface area contributed by atoms with Crippen molar-refractivity contribution in [2.45, 2.75) is 17.4 Å². The summed E-state index contributed by atoms with van der Waals surface area (Å²) in [5, 5.41) is 17.4.